The molecule has 1 N–H and O–H groups in total. The Labute approximate surface area is 173 Å². The fraction of sp³-hybridized carbons (Fsp3) is 0.318. The maximum Gasteiger partial charge on any atom is 0.353 e. The van der Waals surface area contributed by atoms with Crippen LogP contribution in [0, 0.1) is 11.3 Å². The second-order valence-corrected chi connectivity index (χ2v) is 7.70. The van der Waals surface area contributed by atoms with Gasteiger partial charge >= 0.3 is 5.97 Å². The number of nitrogens with zero attached hydrogens (tertiary/aromatic N) is 1. The van der Waals surface area contributed by atoms with E-state index in [-0.39, 0.29) is 23.3 Å². The van der Waals surface area contributed by atoms with Gasteiger partial charge in [-0.2, -0.15) is 5.26 Å². The summed E-state index contributed by atoms with van der Waals surface area (Å²) < 4.78 is 10.7. The van der Waals surface area contributed by atoms with Gasteiger partial charge in [-0.05, 0) is 48.1 Å². The predicted octanol–water partition coefficient (Wildman–Crippen LogP) is 4.33. The molecule has 1 aliphatic carbocycles. The molecule has 0 unspecified atom stereocenters. The third kappa shape index (κ3) is 5.46. The first-order valence-corrected chi connectivity index (χ1v) is 10.3. The zero-order chi connectivity index (χ0) is 20.6. The largest absolute Gasteiger partial charge is 0.493 e. The lowest BCUT2D eigenvalue weighted by Gasteiger charge is -2.22. The van der Waals surface area contributed by atoms with Crippen LogP contribution in [-0.2, 0) is 4.79 Å². The van der Waals surface area contributed by atoms with Gasteiger partial charge in [0.15, 0.2) is 11.5 Å². The van der Waals surface area contributed by atoms with Crippen molar-refractivity contribution in [3.05, 3.63) is 51.7 Å². The Balaban J connectivity index is 1.74. The molecular formula is C22H22N2O4S. The van der Waals surface area contributed by atoms with Gasteiger partial charge in [0.1, 0.15) is 16.5 Å². The molecule has 0 saturated heterocycles. The number of amides is 1. The molecule has 1 aromatic carbocycles. The Hall–Kier alpha value is -3.11. The second-order valence-electron chi connectivity index (χ2n) is 6.76. The number of hydrogen-bond acceptors (Lipinski definition) is 6. The first kappa shape index (κ1) is 20.6. The summed E-state index contributed by atoms with van der Waals surface area (Å²) in [7, 11) is 1.46. The summed E-state index contributed by atoms with van der Waals surface area (Å²) in [5.41, 5.74) is 0.633. The van der Waals surface area contributed by atoms with Gasteiger partial charge in [0.05, 0.1) is 7.11 Å². The molecule has 1 amide bonds. The van der Waals surface area contributed by atoms with Crippen LogP contribution in [0.15, 0.2) is 41.3 Å². The molecule has 6 nitrogen and oxygen atoms in total. The monoisotopic (exact) mass is 410 g/mol. The van der Waals surface area contributed by atoms with Crippen LogP contribution in [0.2, 0.25) is 0 Å². The van der Waals surface area contributed by atoms with Crippen molar-refractivity contribution < 1.29 is 19.1 Å². The van der Waals surface area contributed by atoms with Gasteiger partial charge < -0.3 is 14.8 Å². The summed E-state index contributed by atoms with van der Waals surface area (Å²) in [4.78, 5) is 25.1. The molecule has 1 saturated carbocycles. The molecule has 2 aromatic rings. The minimum absolute atomic E-state index is 0.0287. The molecule has 0 spiro atoms. The van der Waals surface area contributed by atoms with E-state index in [9.17, 15) is 14.9 Å². The Kier molecular flexibility index (Phi) is 7.04. The lowest BCUT2D eigenvalue weighted by Crippen LogP contribution is -2.36. The number of ether oxygens (including phenoxy) is 2. The predicted molar refractivity (Wildman–Crippen MR) is 111 cm³/mol. The summed E-state index contributed by atoms with van der Waals surface area (Å²) in [5, 5.41) is 14.2. The van der Waals surface area contributed by atoms with Crippen LogP contribution in [-0.4, -0.2) is 25.0 Å². The minimum atomic E-state index is -0.467. The van der Waals surface area contributed by atoms with Crippen molar-refractivity contribution in [1.82, 2.24) is 5.32 Å². The molecule has 0 aliphatic heterocycles. The highest BCUT2D eigenvalue weighted by Gasteiger charge is 2.19. The SMILES string of the molecule is COc1cc(/C=C(\C#N)C(=O)NC2CCCCC2)ccc1OC(=O)c1cccs1. The van der Waals surface area contributed by atoms with Crippen LogP contribution in [0.3, 0.4) is 0 Å². The van der Waals surface area contributed by atoms with E-state index in [4.69, 9.17) is 9.47 Å². The number of nitrogens with one attached hydrogen (secondary N) is 1. The molecule has 29 heavy (non-hydrogen) atoms. The zero-order valence-corrected chi connectivity index (χ0v) is 17.0. The van der Waals surface area contributed by atoms with E-state index in [0.29, 0.717) is 16.2 Å². The van der Waals surface area contributed by atoms with Gasteiger partial charge in [0.25, 0.3) is 5.91 Å². The highest BCUT2D eigenvalue weighted by molar-refractivity contribution is 7.12. The van der Waals surface area contributed by atoms with Crippen molar-refractivity contribution in [2.45, 2.75) is 38.1 Å². The van der Waals surface area contributed by atoms with Crippen LogP contribution in [0.25, 0.3) is 6.08 Å². The van der Waals surface area contributed by atoms with Crippen molar-refractivity contribution in [3.8, 4) is 17.6 Å². The van der Waals surface area contributed by atoms with Crippen molar-refractivity contribution in [2.75, 3.05) is 7.11 Å². The van der Waals surface area contributed by atoms with Gasteiger partial charge in [-0.3, -0.25) is 4.79 Å². The molecule has 1 aromatic heterocycles. The summed E-state index contributed by atoms with van der Waals surface area (Å²) in [6, 6.07) is 10.4. The van der Waals surface area contributed by atoms with Crippen LogP contribution >= 0.6 is 11.3 Å². The number of nitriles is 1. The van der Waals surface area contributed by atoms with E-state index in [2.05, 4.69) is 5.32 Å². The van der Waals surface area contributed by atoms with E-state index in [1.165, 1.54) is 30.9 Å². The number of benzene rings is 1. The first-order valence-electron chi connectivity index (χ1n) is 9.47. The smallest absolute Gasteiger partial charge is 0.353 e. The first-order chi connectivity index (χ1) is 14.1. The van der Waals surface area contributed by atoms with Crippen molar-refractivity contribution >= 4 is 29.3 Å². The van der Waals surface area contributed by atoms with E-state index in [1.807, 2.05) is 6.07 Å². The highest BCUT2D eigenvalue weighted by Crippen LogP contribution is 2.30. The number of carbonyl (C=O) groups excluding carboxylic acids is 2. The molecule has 0 atom stereocenters. The number of carbonyl (C=O) groups is 2. The molecule has 3 rings (SSSR count). The standard InChI is InChI=1S/C22H22N2O4S/c1-27-19-13-15(9-10-18(19)28-22(26)20-8-5-11-29-20)12-16(14-23)21(25)24-17-6-3-2-4-7-17/h5,8-13,17H,2-4,6-7H2,1H3,(H,24,25)/b16-12+. The molecule has 1 aliphatic rings. The summed E-state index contributed by atoms with van der Waals surface area (Å²) in [5.74, 6) is -0.223. The van der Waals surface area contributed by atoms with Crippen molar-refractivity contribution in [1.29, 1.82) is 5.26 Å². The van der Waals surface area contributed by atoms with Crippen LogP contribution in [0.5, 0.6) is 11.5 Å². The third-order valence-corrected chi connectivity index (χ3v) is 5.58. The van der Waals surface area contributed by atoms with E-state index in [1.54, 1.807) is 35.7 Å². The maximum absolute atomic E-state index is 12.4. The fourth-order valence-corrected chi connectivity index (χ4v) is 3.83. The molecule has 150 valence electrons. The number of hydrogen-bond donors (Lipinski definition) is 1. The summed E-state index contributed by atoms with van der Waals surface area (Å²) >= 11 is 1.29. The lowest BCUT2D eigenvalue weighted by molar-refractivity contribution is -0.117. The van der Waals surface area contributed by atoms with Gasteiger partial charge in [0, 0.05) is 6.04 Å². The molecular weight excluding hydrogens is 388 g/mol. The quantitative estimate of drug-likeness (QED) is 0.331. The van der Waals surface area contributed by atoms with Crippen LogP contribution in [0.4, 0.5) is 0 Å². The molecule has 1 heterocycles. The lowest BCUT2D eigenvalue weighted by atomic mass is 9.95. The number of thiophene rings is 1. The number of esters is 1. The van der Waals surface area contributed by atoms with Crippen LogP contribution in [0.1, 0.15) is 47.3 Å². The highest BCUT2D eigenvalue weighted by atomic mass is 32.1. The maximum atomic E-state index is 12.4. The van der Waals surface area contributed by atoms with Crippen molar-refractivity contribution in [2.24, 2.45) is 0 Å². The Morgan fingerprint density at radius 2 is 2.00 bits per heavy atom. The average Bonchev–Trinajstić information content (AvgIpc) is 3.28. The topological polar surface area (TPSA) is 88.4 Å². The third-order valence-electron chi connectivity index (χ3n) is 4.73. The molecule has 7 heteroatoms. The number of methoxy groups -OCH3 is 1. The zero-order valence-electron chi connectivity index (χ0n) is 16.1. The Bertz CT molecular complexity index is 938. The summed E-state index contributed by atoms with van der Waals surface area (Å²) in [6.07, 6.45) is 6.78. The van der Waals surface area contributed by atoms with Crippen LogP contribution < -0.4 is 14.8 Å². The normalized spacial score (nSPS) is 14.7. The second kappa shape index (κ2) is 9.89. The van der Waals surface area contributed by atoms with Gasteiger partial charge in [0.2, 0.25) is 0 Å². The van der Waals surface area contributed by atoms with Gasteiger partial charge in [-0.25, -0.2) is 4.79 Å². The van der Waals surface area contributed by atoms with Gasteiger partial charge in [-0.1, -0.05) is 31.4 Å². The number of rotatable bonds is 6. The van der Waals surface area contributed by atoms with Crippen molar-refractivity contribution in [3.63, 3.8) is 0 Å². The molecule has 0 radical (unpaired) electrons. The summed E-state index contributed by atoms with van der Waals surface area (Å²) in [6.45, 7) is 0. The fourth-order valence-electron chi connectivity index (χ4n) is 3.23. The van der Waals surface area contributed by atoms with Gasteiger partial charge in [-0.15, -0.1) is 11.3 Å². The van der Waals surface area contributed by atoms with E-state index < -0.39 is 5.97 Å². The Morgan fingerprint density at radius 3 is 2.66 bits per heavy atom. The average molecular weight is 410 g/mol. The molecule has 0 bridgehead atoms. The van der Waals surface area contributed by atoms with E-state index in [0.717, 1.165) is 25.7 Å². The van der Waals surface area contributed by atoms with E-state index >= 15 is 0 Å². The molecule has 1 fully saturated rings. The minimum Gasteiger partial charge on any atom is -0.493 e. The Morgan fingerprint density at radius 1 is 1.21 bits per heavy atom.